The molecule has 0 amide bonds. The van der Waals surface area contributed by atoms with Crippen LogP contribution in [0.25, 0.3) is 0 Å². The number of nitrogens with zero attached hydrogens (tertiary/aromatic N) is 4. The molecule has 3 saturated heterocycles. The molecule has 0 radical (unpaired) electrons. The predicted octanol–water partition coefficient (Wildman–Crippen LogP) is 1.36. The number of benzene rings is 1. The van der Waals surface area contributed by atoms with E-state index in [1.807, 2.05) is 30.3 Å². The number of hydrogen-bond donors (Lipinski definition) is 1. The van der Waals surface area contributed by atoms with Crippen molar-refractivity contribution in [3.63, 3.8) is 0 Å². The molecule has 25 heavy (non-hydrogen) atoms. The summed E-state index contributed by atoms with van der Waals surface area (Å²) in [6.07, 6.45) is 1.66. The number of nitrogens with one attached hydrogen (secondary N) is 1. The van der Waals surface area contributed by atoms with Gasteiger partial charge in [0.05, 0.1) is 18.4 Å². The summed E-state index contributed by atoms with van der Waals surface area (Å²) < 4.78 is 1.40. The van der Waals surface area contributed by atoms with Crippen LogP contribution in [0.5, 0.6) is 0 Å². The highest BCUT2D eigenvalue weighted by molar-refractivity contribution is 6.32. The molecule has 5 rings (SSSR count). The van der Waals surface area contributed by atoms with E-state index in [0.29, 0.717) is 18.3 Å². The van der Waals surface area contributed by atoms with Gasteiger partial charge in [0.2, 0.25) is 0 Å². The van der Waals surface area contributed by atoms with Crippen molar-refractivity contribution in [2.45, 2.75) is 12.6 Å². The number of rotatable bonds is 5. The Balaban J connectivity index is 1.44. The molecule has 1 unspecified atom stereocenters. The lowest BCUT2D eigenvalue weighted by Crippen LogP contribution is -2.62. The summed E-state index contributed by atoms with van der Waals surface area (Å²) in [6.45, 7) is 6.84. The first-order valence-electron chi connectivity index (χ1n) is 8.70. The highest BCUT2D eigenvalue weighted by atomic mass is 35.5. The molecule has 1 atom stereocenters. The Bertz CT molecular complexity index is 786. The Morgan fingerprint density at radius 1 is 1.16 bits per heavy atom. The normalized spacial score (nSPS) is 25.1. The SMILES string of the molecule is O=c1c(Cl)c(NCC2CN3CCN2CC3)cnn1Cc1ccccc1. The topological polar surface area (TPSA) is 53.4 Å². The zero-order valence-corrected chi connectivity index (χ0v) is 14.8. The molecule has 6 nitrogen and oxygen atoms in total. The third-order valence-corrected chi connectivity index (χ3v) is 5.45. The molecule has 7 heteroatoms. The lowest BCUT2D eigenvalue weighted by molar-refractivity contribution is 0.0189. The van der Waals surface area contributed by atoms with E-state index in [2.05, 4.69) is 20.2 Å². The molecule has 0 aliphatic carbocycles. The first kappa shape index (κ1) is 16.6. The van der Waals surface area contributed by atoms with E-state index >= 15 is 0 Å². The molecule has 1 aromatic carbocycles. The molecule has 3 aliphatic rings. The summed E-state index contributed by atoms with van der Waals surface area (Å²) >= 11 is 6.30. The van der Waals surface area contributed by atoms with Gasteiger partial charge in [0.1, 0.15) is 5.02 Å². The van der Waals surface area contributed by atoms with Gasteiger partial charge in [-0.1, -0.05) is 41.9 Å². The first-order valence-corrected chi connectivity index (χ1v) is 9.08. The maximum absolute atomic E-state index is 12.5. The molecule has 0 spiro atoms. The van der Waals surface area contributed by atoms with Crippen LogP contribution < -0.4 is 10.9 Å². The van der Waals surface area contributed by atoms with Crippen molar-refractivity contribution < 1.29 is 0 Å². The van der Waals surface area contributed by atoms with Crippen LogP contribution in [0.1, 0.15) is 5.56 Å². The van der Waals surface area contributed by atoms with Crippen LogP contribution in [0, 0.1) is 0 Å². The molecule has 2 bridgehead atoms. The van der Waals surface area contributed by atoms with Crippen LogP contribution in [0.4, 0.5) is 5.69 Å². The minimum Gasteiger partial charge on any atom is -0.381 e. The fraction of sp³-hybridized carbons (Fsp3) is 0.444. The van der Waals surface area contributed by atoms with Crippen LogP contribution in [0.15, 0.2) is 41.3 Å². The summed E-state index contributed by atoms with van der Waals surface area (Å²) in [4.78, 5) is 17.5. The monoisotopic (exact) mass is 359 g/mol. The Kier molecular flexibility index (Phi) is 4.74. The van der Waals surface area contributed by atoms with E-state index in [9.17, 15) is 4.79 Å². The Hall–Kier alpha value is -1.89. The Morgan fingerprint density at radius 3 is 2.60 bits per heavy atom. The van der Waals surface area contributed by atoms with Gasteiger partial charge in [0.25, 0.3) is 5.56 Å². The van der Waals surface area contributed by atoms with Gasteiger partial charge >= 0.3 is 0 Å². The van der Waals surface area contributed by atoms with E-state index in [0.717, 1.165) is 44.8 Å². The standard InChI is InChI=1S/C18H22ClN5O/c19-17-16(20-10-15-13-22-6-8-23(15)9-7-22)11-21-24(18(17)25)12-14-4-2-1-3-5-14/h1-5,11,15,20H,6-10,12-13H2. The fourth-order valence-electron chi connectivity index (χ4n) is 3.60. The van der Waals surface area contributed by atoms with Gasteiger partial charge in [-0.15, -0.1) is 0 Å². The largest absolute Gasteiger partial charge is 0.381 e. The second kappa shape index (κ2) is 7.15. The summed E-state index contributed by atoms with van der Waals surface area (Å²) in [5, 5.41) is 7.81. The lowest BCUT2D eigenvalue weighted by Gasteiger charge is -2.47. The average Bonchev–Trinajstić information content (AvgIpc) is 2.67. The third-order valence-electron chi connectivity index (χ3n) is 5.08. The molecular weight excluding hydrogens is 338 g/mol. The van der Waals surface area contributed by atoms with Crippen molar-refractivity contribution in [3.05, 3.63) is 57.5 Å². The lowest BCUT2D eigenvalue weighted by atomic mass is 10.1. The van der Waals surface area contributed by atoms with Crippen molar-refractivity contribution >= 4 is 17.3 Å². The Morgan fingerprint density at radius 2 is 1.92 bits per heavy atom. The summed E-state index contributed by atoms with van der Waals surface area (Å²) in [6, 6.07) is 10.2. The fourth-order valence-corrected chi connectivity index (χ4v) is 3.82. The van der Waals surface area contributed by atoms with Crippen LogP contribution in [0.2, 0.25) is 5.02 Å². The molecule has 3 aliphatic heterocycles. The summed E-state index contributed by atoms with van der Waals surface area (Å²) in [5.41, 5.74) is 1.38. The van der Waals surface area contributed by atoms with E-state index in [1.165, 1.54) is 4.68 Å². The average molecular weight is 360 g/mol. The van der Waals surface area contributed by atoms with Gasteiger partial charge in [0.15, 0.2) is 0 Å². The molecule has 4 heterocycles. The zero-order chi connectivity index (χ0) is 17.2. The number of anilines is 1. The molecule has 2 aromatic rings. The van der Waals surface area contributed by atoms with Gasteiger partial charge in [-0.3, -0.25) is 14.6 Å². The minimum atomic E-state index is -0.259. The molecule has 0 saturated carbocycles. The number of piperazine rings is 3. The van der Waals surface area contributed by atoms with Crippen LogP contribution in [-0.4, -0.2) is 64.9 Å². The second-order valence-electron chi connectivity index (χ2n) is 6.69. The first-order chi connectivity index (χ1) is 12.2. The van der Waals surface area contributed by atoms with Crippen molar-refractivity contribution in [1.29, 1.82) is 0 Å². The van der Waals surface area contributed by atoms with Gasteiger partial charge < -0.3 is 5.32 Å². The molecular formula is C18H22ClN5O. The Labute approximate surface area is 152 Å². The van der Waals surface area contributed by atoms with E-state index in [4.69, 9.17) is 11.6 Å². The number of aromatic nitrogens is 2. The maximum Gasteiger partial charge on any atom is 0.287 e. The zero-order valence-electron chi connectivity index (χ0n) is 14.1. The number of fused-ring (bicyclic) bond motifs is 3. The predicted molar refractivity (Wildman–Crippen MR) is 99.3 cm³/mol. The van der Waals surface area contributed by atoms with Gasteiger partial charge in [-0.05, 0) is 5.56 Å². The van der Waals surface area contributed by atoms with E-state index < -0.39 is 0 Å². The summed E-state index contributed by atoms with van der Waals surface area (Å²) in [7, 11) is 0. The summed E-state index contributed by atoms with van der Waals surface area (Å²) in [5.74, 6) is 0. The van der Waals surface area contributed by atoms with Crippen LogP contribution in [0.3, 0.4) is 0 Å². The van der Waals surface area contributed by atoms with Crippen molar-refractivity contribution in [1.82, 2.24) is 19.6 Å². The molecule has 1 N–H and O–H groups in total. The number of hydrogen-bond acceptors (Lipinski definition) is 5. The van der Waals surface area contributed by atoms with Gasteiger partial charge in [-0.25, -0.2) is 4.68 Å². The van der Waals surface area contributed by atoms with Crippen LogP contribution >= 0.6 is 11.6 Å². The number of halogens is 1. The van der Waals surface area contributed by atoms with E-state index in [1.54, 1.807) is 6.20 Å². The quantitative estimate of drug-likeness (QED) is 0.873. The van der Waals surface area contributed by atoms with Gasteiger partial charge in [0, 0.05) is 45.3 Å². The van der Waals surface area contributed by atoms with Crippen LogP contribution in [-0.2, 0) is 6.54 Å². The highest BCUT2D eigenvalue weighted by Crippen LogP contribution is 2.19. The van der Waals surface area contributed by atoms with Crippen molar-refractivity contribution in [3.8, 4) is 0 Å². The minimum absolute atomic E-state index is 0.210. The highest BCUT2D eigenvalue weighted by Gasteiger charge is 2.31. The van der Waals surface area contributed by atoms with Crippen molar-refractivity contribution in [2.24, 2.45) is 0 Å². The van der Waals surface area contributed by atoms with Gasteiger partial charge in [-0.2, -0.15) is 5.10 Å². The maximum atomic E-state index is 12.5. The van der Waals surface area contributed by atoms with Crippen molar-refractivity contribution in [2.75, 3.05) is 44.6 Å². The second-order valence-corrected chi connectivity index (χ2v) is 7.07. The smallest absolute Gasteiger partial charge is 0.287 e. The third kappa shape index (κ3) is 3.56. The molecule has 1 aromatic heterocycles. The van der Waals surface area contributed by atoms with E-state index in [-0.39, 0.29) is 10.6 Å². The molecule has 132 valence electrons. The molecule has 3 fully saturated rings.